The van der Waals surface area contributed by atoms with Gasteiger partial charge in [-0.1, -0.05) is 29.0 Å². The summed E-state index contributed by atoms with van der Waals surface area (Å²) < 4.78 is 45.6. The standard InChI is InChI=1S/C22H22ClFN2O4S2/c23-15-8-10-17(11-9-15)32(28,29)13-3-7-20(27)26(14-16-4-2-12-30-16)22-25-21-18(24)5-1-6-19(21)31-22/h1,5-6,8-11,16H,2-4,7,12-14H2. The Labute approximate surface area is 194 Å². The van der Waals surface area contributed by atoms with E-state index in [1.54, 1.807) is 12.1 Å². The third-order valence-corrected chi connectivity index (χ3v) is 8.39. The van der Waals surface area contributed by atoms with Crippen LogP contribution in [0.3, 0.4) is 0 Å². The maximum atomic E-state index is 14.1. The summed E-state index contributed by atoms with van der Waals surface area (Å²) in [7, 11) is -3.53. The van der Waals surface area contributed by atoms with Crippen LogP contribution in [0.5, 0.6) is 0 Å². The van der Waals surface area contributed by atoms with Gasteiger partial charge in [-0.3, -0.25) is 9.69 Å². The van der Waals surface area contributed by atoms with Crippen LogP contribution in [0, 0.1) is 5.82 Å². The molecule has 1 aromatic heterocycles. The fourth-order valence-electron chi connectivity index (χ4n) is 3.61. The van der Waals surface area contributed by atoms with E-state index in [1.165, 1.54) is 46.6 Å². The molecule has 0 aliphatic carbocycles. The van der Waals surface area contributed by atoms with E-state index >= 15 is 0 Å². The number of carbonyl (C=O) groups excluding carboxylic acids is 1. The second-order valence-corrected chi connectivity index (χ2v) is 11.2. The molecule has 0 spiro atoms. The summed E-state index contributed by atoms with van der Waals surface area (Å²) >= 11 is 7.06. The van der Waals surface area contributed by atoms with Gasteiger partial charge in [-0.05, 0) is 55.7 Å². The van der Waals surface area contributed by atoms with Crippen LogP contribution in [-0.2, 0) is 19.4 Å². The van der Waals surface area contributed by atoms with Crippen LogP contribution >= 0.6 is 22.9 Å². The van der Waals surface area contributed by atoms with E-state index < -0.39 is 15.7 Å². The molecule has 170 valence electrons. The first-order valence-corrected chi connectivity index (χ1v) is 13.1. The number of hydrogen-bond donors (Lipinski definition) is 0. The maximum Gasteiger partial charge on any atom is 0.228 e. The Morgan fingerprint density at radius 1 is 1.25 bits per heavy atom. The van der Waals surface area contributed by atoms with Gasteiger partial charge in [0.1, 0.15) is 11.3 Å². The minimum Gasteiger partial charge on any atom is -0.376 e. The van der Waals surface area contributed by atoms with Crippen LogP contribution in [0.4, 0.5) is 9.52 Å². The summed E-state index contributed by atoms with van der Waals surface area (Å²) in [5.41, 5.74) is 0.225. The Hall–Kier alpha value is -2.07. The molecule has 0 N–H and O–H groups in total. The van der Waals surface area contributed by atoms with Crippen molar-refractivity contribution < 1.29 is 22.3 Å². The van der Waals surface area contributed by atoms with Gasteiger partial charge in [0.15, 0.2) is 15.0 Å². The summed E-state index contributed by atoms with van der Waals surface area (Å²) in [5.74, 6) is -0.863. The fourth-order valence-corrected chi connectivity index (χ4v) is 6.05. The molecule has 1 fully saturated rings. The predicted octanol–water partition coefficient (Wildman–Crippen LogP) is 4.85. The number of para-hydroxylation sites is 1. The lowest BCUT2D eigenvalue weighted by Gasteiger charge is -2.23. The van der Waals surface area contributed by atoms with Gasteiger partial charge >= 0.3 is 0 Å². The summed E-state index contributed by atoms with van der Waals surface area (Å²) in [6, 6.07) is 10.7. The smallest absolute Gasteiger partial charge is 0.228 e. The molecule has 1 saturated heterocycles. The molecule has 1 atom stereocenters. The monoisotopic (exact) mass is 496 g/mol. The zero-order chi connectivity index (χ0) is 22.7. The van der Waals surface area contributed by atoms with Crippen LogP contribution in [0.2, 0.25) is 5.02 Å². The molecule has 4 rings (SSSR count). The van der Waals surface area contributed by atoms with E-state index in [0.717, 1.165) is 12.8 Å². The van der Waals surface area contributed by atoms with Crippen molar-refractivity contribution in [1.82, 2.24) is 4.98 Å². The second kappa shape index (κ2) is 9.82. The number of halogens is 2. The highest BCUT2D eigenvalue weighted by atomic mass is 35.5. The van der Waals surface area contributed by atoms with Crippen molar-refractivity contribution in [2.45, 2.75) is 36.7 Å². The topological polar surface area (TPSA) is 76.6 Å². The molecule has 2 heterocycles. The number of carbonyl (C=O) groups is 1. The van der Waals surface area contributed by atoms with Crippen LogP contribution in [0.1, 0.15) is 25.7 Å². The van der Waals surface area contributed by atoms with E-state index in [4.69, 9.17) is 16.3 Å². The molecule has 0 radical (unpaired) electrons. The van der Waals surface area contributed by atoms with Gasteiger partial charge in [0, 0.05) is 18.1 Å². The van der Waals surface area contributed by atoms with Gasteiger partial charge in [0.05, 0.1) is 28.0 Å². The number of aromatic nitrogens is 1. The van der Waals surface area contributed by atoms with E-state index in [-0.39, 0.29) is 41.0 Å². The number of amides is 1. The molecule has 0 bridgehead atoms. The minimum absolute atomic E-state index is 0.0257. The van der Waals surface area contributed by atoms with Crippen LogP contribution in [-0.4, -0.2) is 44.3 Å². The summed E-state index contributed by atoms with van der Waals surface area (Å²) in [6.45, 7) is 0.949. The quantitative estimate of drug-likeness (QED) is 0.445. The Bertz CT molecular complexity index is 1210. The number of sulfone groups is 1. The number of rotatable bonds is 8. The molecule has 10 heteroatoms. The number of hydrogen-bond acceptors (Lipinski definition) is 6. The van der Waals surface area contributed by atoms with Crippen molar-refractivity contribution in [3.8, 4) is 0 Å². The first kappa shape index (κ1) is 23.1. The number of nitrogens with zero attached hydrogens (tertiary/aromatic N) is 2. The lowest BCUT2D eigenvalue weighted by molar-refractivity contribution is -0.119. The Balaban J connectivity index is 1.48. The average Bonchev–Trinajstić information content (AvgIpc) is 3.42. The maximum absolute atomic E-state index is 14.1. The van der Waals surface area contributed by atoms with Gasteiger partial charge in [0.2, 0.25) is 5.91 Å². The molecule has 1 aliphatic heterocycles. The molecular formula is C22H22ClFN2O4S2. The Morgan fingerprint density at radius 2 is 2.03 bits per heavy atom. The summed E-state index contributed by atoms with van der Waals surface area (Å²) in [6.07, 6.45) is 1.81. The summed E-state index contributed by atoms with van der Waals surface area (Å²) in [4.78, 5) is 19.1. The van der Waals surface area contributed by atoms with Crippen LogP contribution in [0.25, 0.3) is 10.2 Å². The van der Waals surface area contributed by atoms with Crippen molar-refractivity contribution >= 4 is 54.0 Å². The fraction of sp³-hybridized carbons (Fsp3) is 0.364. The zero-order valence-electron chi connectivity index (χ0n) is 17.2. The van der Waals surface area contributed by atoms with Crippen LogP contribution in [0.15, 0.2) is 47.4 Å². The lowest BCUT2D eigenvalue weighted by atomic mass is 10.2. The number of ether oxygens (including phenoxy) is 1. The van der Waals surface area contributed by atoms with Crippen LogP contribution < -0.4 is 4.90 Å². The van der Waals surface area contributed by atoms with Gasteiger partial charge < -0.3 is 4.74 Å². The lowest BCUT2D eigenvalue weighted by Crippen LogP contribution is -2.37. The highest BCUT2D eigenvalue weighted by molar-refractivity contribution is 7.91. The third kappa shape index (κ3) is 5.28. The molecule has 0 saturated carbocycles. The van der Waals surface area contributed by atoms with Crippen molar-refractivity contribution in [3.63, 3.8) is 0 Å². The Morgan fingerprint density at radius 3 is 2.72 bits per heavy atom. The van der Waals surface area contributed by atoms with Crippen molar-refractivity contribution in [1.29, 1.82) is 0 Å². The number of anilines is 1. The van der Waals surface area contributed by atoms with E-state index in [9.17, 15) is 17.6 Å². The molecular weight excluding hydrogens is 475 g/mol. The third-order valence-electron chi connectivity index (χ3n) is 5.28. The van der Waals surface area contributed by atoms with Gasteiger partial charge in [0.25, 0.3) is 0 Å². The molecule has 3 aromatic rings. The predicted molar refractivity (Wildman–Crippen MR) is 124 cm³/mol. The normalized spacial score (nSPS) is 16.5. The van der Waals surface area contributed by atoms with Gasteiger partial charge in [-0.25, -0.2) is 17.8 Å². The molecule has 1 aliphatic rings. The van der Waals surface area contributed by atoms with Crippen molar-refractivity contribution in [2.24, 2.45) is 0 Å². The first-order chi connectivity index (χ1) is 15.3. The molecule has 1 unspecified atom stereocenters. The molecule has 32 heavy (non-hydrogen) atoms. The minimum atomic E-state index is -3.53. The van der Waals surface area contributed by atoms with Gasteiger partial charge in [-0.15, -0.1) is 0 Å². The molecule has 1 amide bonds. The molecule has 2 aromatic carbocycles. The number of benzene rings is 2. The first-order valence-electron chi connectivity index (χ1n) is 10.3. The summed E-state index contributed by atoms with van der Waals surface area (Å²) in [5, 5.41) is 0.849. The highest BCUT2D eigenvalue weighted by Crippen LogP contribution is 2.31. The number of fused-ring (bicyclic) bond motifs is 1. The Kier molecular flexibility index (Phi) is 7.09. The van der Waals surface area contributed by atoms with E-state index in [0.29, 0.717) is 28.0 Å². The molecule has 6 nitrogen and oxygen atoms in total. The number of thiazole rings is 1. The van der Waals surface area contributed by atoms with Gasteiger partial charge in [-0.2, -0.15) is 0 Å². The largest absolute Gasteiger partial charge is 0.376 e. The zero-order valence-corrected chi connectivity index (χ0v) is 19.6. The van der Waals surface area contributed by atoms with Crippen molar-refractivity contribution in [2.75, 3.05) is 23.8 Å². The van der Waals surface area contributed by atoms with Crippen molar-refractivity contribution in [3.05, 3.63) is 53.3 Å². The van der Waals surface area contributed by atoms with E-state index in [2.05, 4.69) is 4.98 Å². The average molecular weight is 497 g/mol. The van der Waals surface area contributed by atoms with E-state index in [1.807, 2.05) is 0 Å². The highest BCUT2D eigenvalue weighted by Gasteiger charge is 2.27. The SMILES string of the molecule is O=C(CCCS(=O)(=O)c1ccc(Cl)cc1)N(CC1CCCO1)c1nc2c(F)cccc2s1. The second-order valence-electron chi connectivity index (χ2n) is 7.60.